The lowest BCUT2D eigenvalue weighted by molar-refractivity contribution is -0.120. The molecule has 1 aliphatic rings. The molecule has 2 aromatic heterocycles. The van der Waals surface area contributed by atoms with Gasteiger partial charge in [-0.05, 0) is 44.0 Å². The van der Waals surface area contributed by atoms with E-state index in [9.17, 15) is 4.79 Å². The minimum Gasteiger partial charge on any atom is -0.496 e. The molecule has 0 saturated carbocycles. The minimum atomic E-state index is -0.00346. The molecule has 1 fully saturated rings. The van der Waals surface area contributed by atoms with Crippen molar-refractivity contribution in [3.8, 4) is 17.0 Å². The highest BCUT2D eigenvalue weighted by atomic mass is 32.1. The molecule has 4 rings (SSSR count). The Kier molecular flexibility index (Phi) is 5.71. The number of nitrogens with zero attached hydrogens (tertiary/aromatic N) is 4. The third-order valence-electron chi connectivity index (χ3n) is 5.07. The van der Waals surface area contributed by atoms with Gasteiger partial charge in [-0.3, -0.25) is 4.79 Å². The Morgan fingerprint density at radius 2 is 1.97 bits per heavy atom. The van der Waals surface area contributed by atoms with E-state index < -0.39 is 0 Å². The number of aryl methyl sites for hydroxylation is 1. The van der Waals surface area contributed by atoms with Gasteiger partial charge in [0.05, 0.1) is 18.5 Å². The molecule has 1 saturated heterocycles. The van der Waals surface area contributed by atoms with Gasteiger partial charge in [-0.2, -0.15) is 0 Å². The number of thiazole rings is 1. The number of piperidine rings is 1. The first-order chi connectivity index (χ1) is 14.1. The largest absolute Gasteiger partial charge is 0.496 e. The van der Waals surface area contributed by atoms with E-state index >= 15 is 0 Å². The molecule has 7 nitrogen and oxygen atoms in total. The third-order valence-corrected chi connectivity index (χ3v) is 5.95. The summed E-state index contributed by atoms with van der Waals surface area (Å²) >= 11 is 1.46. The van der Waals surface area contributed by atoms with Gasteiger partial charge in [-0.25, -0.2) is 4.98 Å². The molecule has 3 heterocycles. The maximum Gasteiger partial charge on any atom is 0.229 e. The molecule has 0 atom stereocenters. The molecule has 0 radical (unpaired) electrons. The summed E-state index contributed by atoms with van der Waals surface area (Å²) in [6.45, 7) is 3.47. The van der Waals surface area contributed by atoms with Crippen LogP contribution < -0.4 is 15.0 Å². The van der Waals surface area contributed by atoms with Crippen LogP contribution in [0.2, 0.25) is 0 Å². The summed E-state index contributed by atoms with van der Waals surface area (Å²) in [6, 6.07) is 11.7. The van der Waals surface area contributed by atoms with Gasteiger partial charge in [0.1, 0.15) is 5.75 Å². The number of amides is 1. The van der Waals surface area contributed by atoms with E-state index in [0.717, 1.165) is 54.4 Å². The average molecular weight is 410 g/mol. The Hall–Kier alpha value is -3.00. The summed E-state index contributed by atoms with van der Waals surface area (Å²) in [5.41, 5.74) is 2.62. The average Bonchev–Trinajstić information content (AvgIpc) is 3.18. The summed E-state index contributed by atoms with van der Waals surface area (Å²) in [4.78, 5) is 19.0. The first kappa shape index (κ1) is 19.3. The first-order valence-corrected chi connectivity index (χ1v) is 10.5. The summed E-state index contributed by atoms with van der Waals surface area (Å²) in [6.07, 6.45) is 1.57. The van der Waals surface area contributed by atoms with E-state index in [0.29, 0.717) is 5.13 Å². The Bertz CT molecular complexity index is 981. The van der Waals surface area contributed by atoms with Gasteiger partial charge in [0.2, 0.25) is 5.91 Å². The van der Waals surface area contributed by atoms with Crippen LogP contribution in [0.5, 0.6) is 5.75 Å². The molecular weight excluding hydrogens is 386 g/mol. The molecule has 150 valence electrons. The number of para-hydroxylation sites is 1. The van der Waals surface area contributed by atoms with Gasteiger partial charge in [0, 0.05) is 30.0 Å². The minimum absolute atomic E-state index is 0.00346. The molecule has 0 unspecified atom stereocenters. The number of aromatic nitrogens is 3. The molecule has 0 aliphatic carbocycles. The van der Waals surface area contributed by atoms with E-state index in [2.05, 4.69) is 25.4 Å². The monoisotopic (exact) mass is 409 g/mol. The maximum atomic E-state index is 12.5. The zero-order valence-corrected chi connectivity index (χ0v) is 17.3. The van der Waals surface area contributed by atoms with E-state index in [1.54, 1.807) is 7.11 Å². The second-order valence-corrected chi connectivity index (χ2v) is 7.88. The fourth-order valence-electron chi connectivity index (χ4n) is 3.48. The molecule has 1 N–H and O–H groups in total. The van der Waals surface area contributed by atoms with Crippen molar-refractivity contribution in [2.45, 2.75) is 19.8 Å². The fraction of sp³-hybridized carbons (Fsp3) is 0.333. The van der Waals surface area contributed by atoms with Crippen molar-refractivity contribution in [3.63, 3.8) is 0 Å². The van der Waals surface area contributed by atoms with Crippen LogP contribution in [0.3, 0.4) is 0 Å². The molecular formula is C21H23N5O2S. The van der Waals surface area contributed by atoms with E-state index in [-0.39, 0.29) is 11.8 Å². The van der Waals surface area contributed by atoms with Crippen LogP contribution in [0, 0.1) is 12.8 Å². The number of anilines is 2. The molecule has 29 heavy (non-hydrogen) atoms. The van der Waals surface area contributed by atoms with Crippen LogP contribution >= 0.6 is 11.3 Å². The summed E-state index contributed by atoms with van der Waals surface area (Å²) < 4.78 is 5.40. The number of hydrogen-bond donors (Lipinski definition) is 1. The maximum absolute atomic E-state index is 12.5. The smallest absolute Gasteiger partial charge is 0.229 e. The molecule has 1 aromatic carbocycles. The second-order valence-electron chi connectivity index (χ2n) is 7.02. The number of rotatable bonds is 5. The quantitative estimate of drug-likeness (QED) is 0.691. The zero-order valence-electron chi connectivity index (χ0n) is 16.5. The van der Waals surface area contributed by atoms with Crippen molar-refractivity contribution < 1.29 is 9.53 Å². The van der Waals surface area contributed by atoms with Crippen LogP contribution in [0.15, 0.2) is 41.8 Å². The van der Waals surface area contributed by atoms with Gasteiger partial charge >= 0.3 is 0 Å². The van der Waals surface area contributed by atoms with Crippen LogP contribution in [0.25, 0.3) is 11.3 Å². The molecule has 3 aromatic rings. The van der Waals surface area contributed by atoms with Crippen LogP contribution in [-0.4, -0.2) is 41.3 Å². The van der Waals surface area contributed by atoms with Crippen molar-refractivity contribution >= 4 is 28.2 Å². The van der Waals surface area contributed by atoms with E-state index in [1.807, 2.05) is 48.7 Å². The van der Waals surface area contributed by atoms with Gasteiger partial charge < -0.3 is 15.0 Å². The van der Waals surface area contributed by atoms with E-state index in [1.165, 1.54) is 11.3 Å². The lowest BCUT2D eigenvalue weighted by atomic mass is 9.96. The Morgan fingerprint density at radius 1 is 1.17 bits per heavy atom. The summed E-state index contributed by atoms with van der Waals surface area (Å²) in [5, 5.41) is 14.3. The van der Waals surface area contributed by atoms with Crippen molar-refractivity contribution in [2.24, 2.45) is 5.92 Å². The van der Waals surface area contributed by atoms with Crippen LogP contribution in [0.1, 0.15) is 18.5 Å². The lowest BCUT2D eigenvalue weighted by Crippen LogP contribution is -2.38. The fourth-order valence-corrected chi connectivity index (χ4v) is 4.17. The van der Waals surface area contributed by atoms with Gasteiger partial charge in [-0.15, -0.1) is 21.5 Å². The Balaban J connectivity index is 1.36. The van der Waals surface area contributed by atoms with Crippen molar-refractivity contribution in [1.29, 1.82) is 0 Å². The van der Waals surface area contributed by atoms with E-state index in [4.69, 9.17) is 4.74 Å². The highest BCUT2D eigenvalue weighted by Gasteiger charge is 2.26. The number of nitrogens with one attached hydrogen (secondary N) is 1. The molecule has 0 bridgehead atoms. The molecule has 0 spiro atoms. The standard InChI is InChI=1S/C21H23N5O2S/c1-14-13-29-21(22-14)23-20(27)15-9-11-26(12-10-15)19-8-7-17(24-25-19)16-5-3-4-6-18(16)28-2/h3-8,13,15H,9-12H2,1-2H3,(H,22,23,27). The Morgan fingerprint density at radius 3 is 2.62 bits per heavy atom. The highest BCUT2D eigenvalue weighted by Crippen LogP contribution is 2.29. The second kappa shape index (κ2) is 8.57. The number of hydrogen-bond acceptors (Lipinski definition) is 7. The predicted molar refractivity (Wildman–Crippen MR) is 114 cm³/mol. The third kappa shape index (κ3) is 4.37. The number of benzene rings is 1. The van der Waals surface area contributed by atoms with Gasteiger partial charge in [0.25, 0.3) is 0 Å². The number of carbonyl (C=O) groups is 1. The number of methoxy groups -OCH3 is 1. The molecule has 1 aliphatic heterocycles. The molecule has 1 amide bonds. The van der Waals surface area contributed by atoms with Crippen LogP contribution in [0.4, 0.5) is 10.9 Å². The van der Waals surface area contributed by atoms with Crippen molar-refractivity contribution in [2.75, 3.05) is 30.4 Å². The number of ether oxygens (including phenoxy) is 1. The van der Waals surface area contributed by atoms with Crippen molar-refractivity contribution in [3.05, 3.63) is 47.5 Å². The SMILES string of the molecule is COc1ccccc1-c1ccc(N2CCC(C(=O)Nc3nc(C)cs3)CC2)nn1. The molecule has 8 heteroatoms. The normalized spacial score (nSPS) is 14.6. The van der Waals surface area contributed by atoms with Gasteiger partial charge in [0.15, 0.2) is 10.9 Å². The summed E-state index contributed by atoms with van der Waals surface area (Å²) in [5.74, 6) is 1.66. The lowest BCUT2D eigenvalue weighted by Gasteiger charge is -2.31. The first-order valence-electron chi connectivity index (χ1n) is 9.59. The zero-order chi connectivity index (χ0) is 20.2. The van der Waals surface area contributed by atoms with Crippen LogP contribution in [-0.2, 0) is 4.79 Å². The Labute approximate surface area is 173 Å². The van der Waals surface area contributed by atoms with Crippen molar-refractivity contribution in [1.82, 2.24) is 15.2 Å². The topological polar surface area (TPSA) is 80.2 Å². The van der Waals surface area contributed by atoms with Gasteiger partial charge in [-0.1, -0.05) is 12.1 Å². The highest BCUT2D eigenvalue weighted by molar-refractivity contribution is 7.13. The summed E-state index contributed by atoms with van der Waals surface area (Å²) in [7, 11) is 1.65. The predicted octanol–water partition coefficient (Wildman–Crippen LogP) is 3.77. The number of carbonyl (C=O) groups excluding carboxylic acids is 1.